The predicted octanol–water partition coefficient (Wildman–Crippen LogP) is 16.0. The van der Waals surface area contributed by atoms with Crippen LogP contribution in [0.25, 0.3) is 76.5 Å². The van der Waals surface area contributed by atoms with Gasteiger partial charge in [0.05, 0.1) is 0 Å². The molecule has 10 aromatic carbocycles. The minimum absolute atomic E-state index is 0.144. The molecule has 0 atom stereocenters. The lowest BCUT2D eigenvalue weighted by Gasteiger charge is -2.29. The smallest absolute Gasteiger partial charge is 0.0468 e. The fraction of sp³-hybridized carbons (Fsp3) is 0.103. The summed E-state index contributed by atoms with van der Waals surface area (Å²) in [7, 11) is 0. The van der Waals surface area contributed by atoms with E-state index in [1.165, 1.54) is 98.7 Å². The number of hydrogen-bond donors (Lipinski definition) is 0. The predicted molar refractivity (Wildman–Crippen MR) is 252 cm³/mol. The maximum atomic E-state index is 2.45. The summed E-state index contributed by atoms with van der Waals surface area (Å²) in [5.74, 6) is 0. The van der Waals surface area contributed by atoms with E-state index < -0.39 is 0 Å². The lowest BCUT2D eigenvalue weighted by Crippen LogP contribution is -2.16. The molecule has 10 aromatic rings. The molecule has 0 spiro atoms. The Kier molecular flexibility index (Phi) is 7.10. The number of rotatable bonds is 4. The van der Waals surface area contributed by atoms with E-state index in [4.69, 9.17) is 0 Å². The molecular weight excluding hydrogens is 711 g/mol. The molecule has 280 valence electrons. The first-order chi connectivity index (χ1) is 28.8. The van der Waals surface area contributed by atoms with Crippen molar-refractivity contribution in [3.63, 3.8) is 0 Å². The Labute approximate surface area is 345 Å². The first kappa shape index (κ1) is 34.1. The Hall–Kier alpha value is -6.96. The van der Waals surface area contributed by atoms with Gasteiger partial charge in [0.25, 0.3) is 0 Å². The van der Waals surface area contributed by atoms with Gasteiger partial charge in [-0.3, -0.25) is 0 Å². The third-order valence-electron chi connectivity index (χ3n) is 13.7. The normalized spacial score (nSPS) is 14.4. The van der Waals surface area contributed by atoms with E-state index >= 15 is 0 Å². The second kappa shape index (κ2) is 12.3. The van der Waals surface area contributed by atoms with Crippen molar-refractivity contribution in [2.45, 2.75) is 38.5 Å². The van der Waals surface area contributed by atoms with E-state index in [0.717, 1.165) is 17.1 Å². The van der Waals surface area contributed by atoms with E-state index in [9.17, 15) is 0 Å². The fourth-order valence-corrected chi connectivity index (χ4v) is 11.2. The Morgan fingerprint density at radius 3 is 1.17 bits per heavy atom. The summed E-state index contributed by atoms with van der Waals surface area (Å²) in [4.78, 5) is 2.45. The van der Waals surface area contributed by atoms with Crippen molar-refractivity contribution < 1.29 is 0 Å². The average Bonchev–Trinajstić information content (AvgIpc) is 3.67. The van der Waals surface area contributed by atoms with Gasteiger partial charge in [-0.25, -0.2) is 0 Å². The van der Waals surface area contributed by atoms with E-state index in [1.54, 1.807) is 0 Å². The summed E-state index contributed by atoms with van der Waals surface area (Å²) >= 11 is 0. The summed E-state index contributed by atoms with van der Waals surface area (Å²) in [5.41, 5.74) is 16.6. The number of anilines is 3. The molecule has 2 aliphatic carbocycles. The highest BCUT2D eigenvalue weighted by Gasteiger charge is 2.39. The maximum absolute atomic E-state index is 2.45. The first-order valence-corrected chi connectivity index (χ1v) is 20.9. The van der Waals surface area contributed by atoms with Crippen LogP contribution in [0.3, 0.4) is 0 Å². The molecule has 0 bridgehead atoms. The van der Waals surface area contributed by atoms with Gasteiger partial charge in [-0.2, -0.15) is 0 Å². The molecule has 0 fully saturated rings. The minimum Gasteiger partial charge on any atom is -0.310 e. The van der Waals surface area contributed by atoms with Gasteiger partial charge >= 0.3 is 0 Å². The zero-order valence-corrected chi connectivity index (χ0v) is 33.8. The highest BCUT2D eigenvalue weighted by molar-refractivity contribution is 6.06. The topological polar surface area (TPSA) is 3.24 Å². The monoisotopic (exact) mass is 753 g/mol. The SMILES string of the molecule is CC1(C)c2c(ccc3ccccc23)-c2ccc3cc(N(c4cccc(-c5ccccc5)c4)c4ccc5c6c(ccc5c4)-c4ccc5ccccc5c4C6(C)C)ccc3c21. The van der Waals surface area contributed by atoms with Crippen LogP contribution in [0, 0.1) is 0 Å². The number of hydrogen-bond acceptors (Lipinski definition) is 1. The lowest BCUT2D eigenvalue weighted by molar-refractivity contribution is 0.672. The van der Waals surface area contributed by atoms with Gasteiger partial charge < -0.3 is 4.90 Å². The van der Waals surface area contributed by atoms with Crippen molar-refractivity contribution >= 4 is 60.2 Å². The molecule has 0 aromatic heterocycles. The zero-order valence-electron chi connectivity index (χ0n) is 33.8. The van der Waals surface area contributed by atoms with Gasteiger partial charge in [-0.05, 0) is 135 Å². The van der Waals surface area contributed by atoms with Crippen LogP contribution in [-0.2, 0) is 10.8 Å². The van der Waals surface area contributed by atoms with Crippen LogP contribution in [0.15, 0.2) is 188 Å². The molecule has 0 N–H and O–H groups in total. The van der Waals surface area contributed by atoms with Gasteiger partial charge in [0.2, 0.25) is 0 Å². The average molecular weight is 754 g/mol. The van der Waals surface area contributed by atoms with Crippen molar-refractivity contribution in [1.29, 1.82) is 0 Å². The fourth-order valence-electron chi connectivity index (χ4n) is 11.2. The van der Waals surface area contributed by atoms with Crippen molar-refractivity contribution in [3.05, 3.63) is 210 Å². The second-order valence-corrected chi connectivity index (χ2v) is 17.7. The number of benzene rings is 10. The Bertz CT molecular complexity index is 3200. The van der Waals surface area contributed by atoms with Gasteiger partial charge in [0.1, 0.15) is 0 Å². The molecule has 0 saturated carbocycles. The molecule has 0 heterocycles. The van der Waals surface area contributed by atoms with E-state index in [0.29, 0.717) is 0 Å². The quantitative estimate of drug-likeness (QED) is 0.173. The number of fused-ring (bicyclic) bond motifs is 14. The molecule has 2 aliphatic rings. The van der Waals surface area contributed by atoms with E-state index in [2.05, 4.69) is 221 Å². The first-order valence-electron chi connectivity index (χ1n) is 20.9. The summed E-state index contributed by atoms with van der Waals surface area (Å²) in [5, 5.41) is 10.4. The third kappa shape index (κ3) is 4.85. The van der Waals surface area contributed by atoms with E-state index in [-0.39, 0.29) is 10.8 Å². The summed E-state index contributed by atoms with van der Waals surface area (Å²) in [6.45, 7) is 9.64. The van der Waals surface area contributed by atoms with Crippen LogP contribution in [0.1, 0.15) is 49.9 Å². The Balaban J connectivity index is 1.03. The van der Waals surface area contributed by atoms with Crippen LogP contribution < -0.4 is 4.90 Å². The van der Waals surface area contributed by atoms with Crippen molar-refractivity contribution in [3.8, 4) is 33.4 Å². The molecule has 1 nitrogen and oxygen atoms in total. The van der Waals surface area contributed by atoms with Crippen LogP contribution in [0.2, 0.25) is 0 Å². The van der Waals surface area contributed by atoms with Crippen LogP contribution in [-0.4, -0.2) is 0 Å². The van der Waals surface area contributed by atoms with Crippen LogP contribution >= 0.6 is 0 Å². The lowest BCUT2D eigenvalue weighted by atomic mass is 9.78. The van der Waals surface area contributed by atoms with Gasteiger partial charge in [-0.1, -0.05) is 179 Å². The minimum atomic E-state index is -0.144. The summed E-state index contributed by atoms with van der Waals surface area (Å²) in [6, 6.07) is 70.3. The molecule has 0 radical (unpaired) electrons. The van der Waals surface area contributed by atoms with Crippen LogP contribution in [0.5, 0.6) is 0 Å². The molecule has 59 heavy (non-hydrogen) atoms. The zero-order chi connectivity index (χ0) is 39.6. The van der Waals surface area contributed by atoms with Gasteiger partial charge in [-0.15, -0.1) is 0 Å². The third-order valence-corrected chi connectivity index (χ3v) is 13.7. The molecular formula is C58H43N. The molecule has 0 saturated heterocycles. The summed E-state index contributed by atoms with van der Waals surface area (Å²) in [6.07, 6.45) is 0. The summed E-state index contributed by atoms with van der Waals surface area (Å²) < 4.78 is 0. The second-order valence-electron chi connectivity index (χ2n) is 17.7. The molecule has 0 unspecified atom stereocenters. The highest BCUT2D eigenvalue weighted by Crippen LogP contribution is 2.56. The van der Waals surface area contributed by atoms with Crippen LogP contribution in [0.4, 0.5) is 17.1 Å². The molecule has 12 rings (SSSR count). The van der Waals surface area contributed by atoms with Crippen molar-refractivity contribution in [2.24, 2.45) is 0 Å². The molecule has 0 aliphatic heterocycles. The van der Waals surface area contributed by atoms with Gasteiger partial charge in [0, 0.05) is 27.9 Å². The molecule has 0 amide bonds. The highest BCUT2D eigenvalue weighted by atomic mass is 15.1. The molecule has 1 heteroatoms. The number of nitrogens with zero attached hydrogens (tertiary/aromatic N) is 1. The van der Waals surface area contributed by atoms with Crippen molar-refractivity contribution in [2.75, 3.05) is 4.90 Å². The Morgan fingerprint density at radius 1 is 0.288 bits per heavy atom. The largest absolute Gasteiger partial charge is 0.310 e. The standard InChI is InChI=1S/C58H43N/c1-57(2)53-45-19-10-8-15-37(45)21-27-49(53)51-29-23-40-34-43(25-31-47(40)55(51)57)59(42-18-12-17-39(33-42)36-13-6-5-7-14-36)44-26-32-48-41(35-44)24-30-52-50-28-22-38-16-9-11-20-46(38)54(50)58(3,4)56(48)52/h5-35H,1-4H3. The van der Waals surface area contributed by atoms with E-state index in [1.807, 2.05) is 0 Å². The van der Waals surface area contributed by atoms with Gasteiger partial charge in [0.15, 0.2) is 0 Å². The Morgan fingerprint density at radius 2 is 0.678 bits per heavy atom. The van der Waals surface area contributed by atoms with Crippen molar-refractivity contribution in [1.82, 2.24) is 0 Å². The maximum Gasteiger partial charge on any atom is 0.0468 e.